The van der Waals surface area contributed by atoms with Gasteiger partial charge >= 0.3 is 6.16 Å². The van der Waals surface area contributed by atoms with Crippen molar-refractivity contribution in [2.75, 3.05) is 0 Å². The second kappa shape index (κ2) is 4.37. The summed E-state index contributed by atoms with van der Waals surface area (Å²) in [5.74, 6) is -0.0538. The molecule has 0 saturated heterocycles. The second-order valence-electron chi connectivity index (χ2n) is 4.22. The number of nitrogens with zero attached hydrogens (tertiary/aromatic N) is 2. The minimum atomic E-state index is -1.45. The molecule has 7 heteroatoms. The van der Waals surface area contributed by atoms with E-state index in [-0.39, 0.29) is 11.5 Å². The lowest BCUT2D eigenvalue weighted by Crippen LogP contribution is -2.11. The van der Waals surface area contributed by atoms with Crippen LogP contribution in [0.3, 0.4) is 0 Å². The lowest BCUT2D eigenvalue weighted by atomic mass is 10.3. The van der Waals surface area contributed by atoms with Crippen LogP contribution in [0.15, 0.2) is 29.1 Å². The smallest absolute Gasteiger partial charge is 0.449 e. The average Bonchev–Trinajstić information content (AvgIpc) is 2.77. The normalized spacial score (nSPS) is 11.1. The number of hydrogen-bond donors (Lipinski definition) is 2. The number of benzene rings is 1. The Balaban J connectivity index is 2.47. The number of carboxylic acid groups (broad SMARTS) is 1. The SMILES string of the molecule is CCc1c(OC(=O)O)nc2c(=O)[nH]c3ccccc3n12. The maximum Gasteiger partial charge on any atom is 0.512 e. The zero-order chi connectivity index (χ0) is 14.3. The molecular formula is C13H11N3O4. The monoisotopic (exact) mass is 273 g/mol. The summed E-state index contributed by atoms with van der Waals surface area (Å²) in [6.07, 6.45) is -0.971. The summed E-state index contributed by atoms with van der Waals surface area (Å²) in [6.45, 7) is 1.84. The molecule has 2 N–H and O–H groups in total. The Labute approximate surface area is 112 Å². The molecule has 0 saturated carbocycles. The molecule has 0 unspecified atom stereocenters. The summed E-state index contributed by atoms with van der Waals surface area (Å²) in [4.78, 5) is 29.4. The molecule has 0 fully saturated rings. The first-order valence-corrected chi connectivity index (χ1v) is 6.05. The first-order chi connectivity index (χ1) is 9.61. The minimum Gasteiger partial charge on any atom is -0.449 e. The highest BCUT2D eigenvalue weighted by molar-refractivity contribution is 5.78. The predicted octanol–water partition coefficient (Wildman–Crippen LogP) is 1.79. The average molecular weight is 273 g/mol. The largest absolute Gasteiger partial charge is 0.512 e. The maximum atomic E-state index is 12.0. The number of H-pyrrole nitrogens is 1. The van der Waals surface area contributed by atoms with Gasteiger partial charge in [-0.1, -0.05) is 19.1 Å². The van der Waals surface area contributed by atoms with Crippen LogP contribution in [0.5, 0.6) is 5.88 Å². The number of aromatic amines is 1. The summed E-state index contributed by atoms with van der Waals surface area (Å²) in [5, 5.41) is 8.74. The van der Waals surface area contributed by atoms with Crippen molar-refractivity contribution in [1.82, 2.24) is 14.4 Å². The van der Waals surface area contributed by atoms with E-state index in [4.69, 9.17) is 5.11 Å². The zero-order valence-electron chi connectivity index (χ0n) is 10.6. The van der Waals surface area contributed by atoms with Crippen molar-refractivity contribution in [3.05, 3.63) is 40.3 Å². The molecule has 0 aliphatic carbocycles. The Hall–Kier alpha value is -2.83. The molecule has 1 aromatic carbocycles. The first-order valence-electron chi connectivity index (χ1n) is 6.05. The van der Waals surface area contributed by atoms with E-state index in [1.165, 1.54) is 0 Å². The van der Waals surface area contributed by atoms with E-state index in [0.717, 1.165) is 5.52 Å². The number of ether oxygens (including phenoxy) is 1. The van der Waals surface area contributed by atoms with E-state index < -0.39 is 11.7 Å². The number of rotatable bonds is 2. The number of hydrogen-bond acceptors (Lipinski definition) is 4. The molecule has 102 valence electrons. The van der Waals surface area contributed by atoms with E-state index in [1.54, 1.807) is 16.5 Å². The topological polar surface area (TPSA) is 96.7 Å². The van der Waals surface area contributed by atoms with Crippen LogP contribution in [0.1, 0.15) is 12.6 Å². The molecule has 7 nitrogen and oxygen atoms in total. The Morgan fingerprint density at radius 2 is 2.20 bits per heavy atom. The number of para-hydroxylation sites is 2. The van der Waals surface area contributed by atoms with Crippen molar-refractivity contribution < 1.29 is 14.6 Å². The second-order valence-corrected chi connectivity index (χ2v) is 4.22. The van der Waals surface area contributed by atoms with Gasteiger partial charge in [-0.15, -0.1) is 0 Å². The van der Waals surface area contributed by atoms with Crippen LogP contribution >= 0.6 is 0 Å². The molecule has 20 heavy (non-hydrogen) atoms. The van der Waals surface area contributed by atoms with Gasteiger partial charge < -0.3 is 14.8 Å². The third-order valence-corrected chi connectivity index (χ3v) is 3.05. The van der Waals surface area contributed by atoms with Gasteiger partial charge in [0.05, 0.1) is 16.7 Å². The van der Waals surface area contributed by atoms with Crippen LogP contribution in [0.4, 0.5) is 4.79 Å². The maximum absolute atomic E-state index is 12.0. The third kappa shape index (κ3) is 1.71. The standard InChI is InChI=1S/C13H11N3O4/c1-2-8-12(20-13(18)19)15-10-11(17)14-7-5-3-4-6-9(7)16(8)10/h3-6H,2H2,1H3,(H,14,17)(H,18,19). The fraction of sp³-hybridized carbons (Fsp3) is 0.154. The quantitative estimate of drug-likeness (QED) is 0.694. The summed E-state index contributed by atoms with van der Waals surface area (Å²) in [6, 6.07) is 7.23. The van der Waals surface area contributed by atoms with E-state index >= 15 is 0 Å². The zero-order valence-corrected chi connectivity index (χ0v) is 10.6. The van der Waals surface area contributed by atoms with Gasteiger partial charge in [-0.3, -0.25) is 9.20 Å². The molecular weight excluding hydrogens is 262 g/mol. The number of carbonyl (C=O) groups is 1. The lowest BCUT2D eigenvalue weighted by Gasteiger charge is -2.04. The number of aromatic nitrogens is 3. The van der Waals surface area contributed by atoms with Crippen LogP contribution in [0.2, 0.25) is 0 Å². The van der Waals surface area contributed by atoms with Crippen LogP contribution in [-0.4, -0.2) is 25.6 Å². The van der Waals surface area contributed by atoms with Gasteiger partial charge in [0.2, 0.25) is 11.5 Å². The van der Waals surface area contributed by atoms with Crippen molar-refractivity contribution in [2.24, 2.45) is 0 Å². The molecule has 3 aromatic rings. The molecule has 2 heterocycles. The summed E-state index contributed by atoms with van der Waals surface area (Å²) in [7, 11) is 0. The molecule has 0 bridgehead atoms. The highest BCUT2D eigenvalue weighted by Crippen LogP contribution is 2.23. The van der Waals surface area contributed by atoms with Gasteiger partial charge in [-0.05, 0) is 18.6 Å². The van der Waals surface area contributed by atoms with Gasteiger partial charge in [0.1, 0.15) is 0 Å². The van der Waals surface area contributed by atoms with Gasteiger partial charge in [-0.2, -0.15) is 4.98 Å². The molecule has 0 amide bonds. The highest BCUT2D eigenvalue weighted by atomic mass is 16.7. The lowest BCUT2D eigenvalue weighted by molar-refractivity contribution is 0.142. The predicted molar refractivity (Wildman–Crippen MR) is 71.3 cm³/mol. The molecule has 0 radical (unpaired) electrons. The molecule has 0 atom stereocenters. The Morgan fingerprint density at radius 1 is 1.45 bits per heavy atom. The Bertz CT molecular complexity index is 878. The fourth-order valence-corrected chi connectivity index (χ4v) is 2.27. The summed E-state index contributed by atoms with van der Waals surface area (Å²) >= 11 is 0. The highest BCUT2D eigenvalue weighted by Gasteiger charge is 2.18. The van der Waals surface area contributed by atoms with Gasteiger partial charge in [0, 0.05) is 0 Å². The van der Waals surface area contributed by atoms with Crippen molar-refractivity contribution in [3.8, 4) is 5.88 Å². The third-order valence-electron chi connectivity index (χ3n) is 3.05. The van der Waals surface area contributed by atoms with Crippen molar-refractivity contribution in [1.29, 1.82) is 0 Å². The van der Waals surface area contributed by atoms with Crippen molar-refractivity contribution in [3.63, 3.8) is 0 Å². The first kappa shape index (κ1) is 12.2. The molecule has 0 aliphatic heterocycles. The van der Waals surface area contributed by atoms with Crippen molar-refractivity contribution in [2.45, 2.75) is 13.3 Å². The van der Waals surface area contributed by atoms with Crippen molar-refractivity contribution >= 4 is 22.8 Å². The van der Waals surface area contributed by atoms with Crippen LogP contribution in [0.25, 0.3) is 16.7 Å². The van der Waals surface area contributed by atoms with Crippen LogP contribution in [0, 0.1) is 0 Å². The molecule has 2 aromatic heterocycles. The number of imidazole rings is 1. The van der Waals surface area contributed by atoms with Crippen LogP contribution < -0.4 is 10.3 Å². The van der Waals surface area contributed by atoms with Gasteiger partial charge in [-0.25, -0.2) is 4.79 Å². The molecule has 0 spiro atoms. The van der Waals surface area contributed by atoms with Gasteiger partial charge in [0.25, 0.3) is 5.56 Å². The minimum absolute atomic E-state index is 0.0538. The van der Waals surface area contributed by atoms with E-state index in [1.807, 2.05) is 19.1 Å². The van der Waals surface area contributed by atoms with E-state index in [0.29, 0.717) is 17.6 Å². The number of aryl methyl sites for hydroxylation is 1. The fourth-order valence-electron chi connectivity index (χ4n) is 2.27. The Morgan fingerprint density at radius 3 is 2.90 bits per heavy atom. The van der Waals surface area contributed by atoms with E-state index in [2.05, 4.69) is 14.7 Å². The van der Waals surface area contributed by atoms with Gasteiger partial charge in [0.15, 0.2) is 0 Å². The molecule has 0 aliphatic rings. The molecule has 3 rings (SSSR count). The Kier molecular flexibility index (Phi) is 2.67. The summed E-state index contributed by atoms with van der Waals surface area (Å²) < 4.78 is 6.29. The van der Waals surface area contributed by atoms with E-state index in [9.17, 15) is 9.59 Å². The van der Waals surface area contributed by atoms with Crippen LogP contribution in [-0.2, 0) is 6.42 Å². The summed E-state index contributed by atoms with van der Waals surface area (Å²) in [5.41, 5.74) is 1.67. The number of fused-ring (bicyclic) bond motifs is 3. The number of nitrogens with one attached hydrogen (secondary N) is 1.